The van der Waals surface area contributed by atoms with Crippen LogP contribution in [-0.2, 0) is 9.53 Å². The normalized spacial score (nSPS) is 24.8. The van der Waals surface area contributed by atoms with Crippen LogP contribution in [0.3, 0.4) is 0 Å². The van der Waals surface area contributed by atoms with Gasteiger partial charge in [-0.25, -0.2) is 9.37 Å². The topological polar surface area (TPSA) is 95.4 Å². The lowest BCUT2D eigenvalue weighted by atomic mass is 9.96. The smallest absolute Gasteiger partial charge is 0.261 e. The van der Waals surface area contributed by atoms with Crippen molar-refractivity contribution in [1.82, 2.24) is 14.8 Å². The summed E-state index contributed by atoms with van der Waals surface area (Å²) in [6.07, 6.45) is 3.02. The van der Waals surface area contributed by atoms with Crippen LogP contribution in [0.25, 0.3) is 11.3 Å². The number of nitrogens with zero attached hydrogens (tertiary/aromatic N) is 4. The standard InChI is InChI=1S/C26H26ClFN4O5/c1-2-19(34)30-8-9-31-15(10-30)13-37-24-21(26(31)35)25(32-11-16-7-6-14(32)12-36-16)29-23(22(24)27)20-17(28)4-3-5-18(20)33/h2-5,14-16,33H,1,6-13H2/t14?,15-,16?/m1/s1. The van der Waals surface area contributed by atoms with E-state index in [0.29, 0.717) is 32.1 Å². The number of phenolic OH excluding ortho intramolecular Hbond substituents is 1. The maximum absolute atomic E-state index is 15.0. The number of fused-ring (bicyclic) bond motifs is 5. The molecule has 5 aliphatic rings. The van der Waals surface area contributed by atoms with Crippen molar-refractivity contribution in [3.8, 4) is 22.8 Å². The number of hydrogen-bond acceptors (Lipinski definition) is 7. The molecule has 5 aliphatic heterocycles. The Morgan fingerprint density at radius 1 is 1.16 bits per heavy atom. The van der Waals surface area contributed by atoms with Crippen LogP contribution in [0.2, 0.25) is 5.02 Å². The van der Waals surface area contributed by atoms with Gasteiger partial charge in [0.05, 0.1) is 30.4 Å². The predicted octanol–water partition coefficient (Wildman–Crippen LogP) is 2.85. The van der Waals surface area contributed by atoms with E-state index < -0.39 is 11.9 Å². The maximum Gasteiger partial charge on any atom is 0.261 e. The van der Waals surface area contributed by atoms with E-state index in [0.717, 1.165) is 12.8 Å². The lowest BCUT2D eigenvalue weighted by Gasteiger charge is -2.46. The number of carbonyl (C=O) groups excluding carboxylic acids is 2. The highest BCUT2D eigenvalue weighted by Crippen LogP contribution is 2.47. The molecule has 7 rings (SSSR count). The summed E-state index contributed by atoms with van der Waals surface area (Å²) in [6.45, 7) is 5.61. The van der Waals surface area contributed by atoms with Crippen LogP contribution in [0.4, 0.5) is 10.2 Å². The molecular weight excluding hydrogens is 503 g/mol. The second kappa shape index (κ2) is 9.18. The summed E-state index contributed by atoms with van der Waals surface area (Å²) in [4.78, 5) is 36.4. The first-order valence-corrected chi connectivity index (χ1v) is 12.7. The molecule has 0 aliphatic carbocycles. The molecule has 4 fully saturated rings. The molecule has 2 bridgehead atoms. The molecule has 6 heterocycles. The molecule has 0 radical (unpaired) electrons. The Balaban J connectivity index is 1.51. The number of phenols is 1. The molecule has 11 heteroatoms. The SMILES string of the molecule is C=CC(=O)N1CCN2C(=O)c3c(N4CC5CCC4CO5)nc(-c4c(O)cccc4F)c(Cl)c3OC[C@H]2C1. The van der Waals surface area contributed by atoms with Crippen molar-refractivity contribution >= 4 is 29.2 Å². The second-order valence-corrected chi connectivity index (χ2v) is 10.1. The van der Waals surface area contributed by atoms with Gasteiger partial charge >= 0.3 is 0 Å². The summed E-state index contributed by atoms with van der Waals surface area (Å²) >= 11 is 6.77. The summed E-state index contributed by atoms with van der Waals surface area (Å²) in [7, 11) is 0. The van der Waals surface area contributed by atoms with Crippen molar-refractivity contribution in [2.75, 3.05) is 44.3 Å². The average Bonchev–Trinajstić information content (AvgIpc) is 3.06. The molecule has 2 amide bonds. The number of halogens is 2. The highest BCUT2D eigenvalue weighted by molar-refractivity contribution is 6.35. The molecular formula is C26H26ClFN4O5. The fourth-order valence-electron chi connectivity index (χ4n) is 5.71. The highest BCUT2D eigenvalue weighted by atomic mass is 35.5. The van der Waals surface area contributed by atoms with Crippen LogP contribution in [0, 0.1) is 5.82 Å². The molecule has 2 unspecified atom stereocenters. The van der Waals surface area contributed by atoms with Gasteiger partial charge in [0.25, 0.3) is 5.91 Å². The van der Waals surface area contributed by atoms with Crippen molar-refractivity contribution in [2.24, 2.45) is 0 Å². The number of aromatic nitrogens is 1. The monoisotopic (exact) mass is 528 g/mol. The largest absolute Gasteiger partial charge is 0.507 e. The predicted molar refractivity (Wildman–Crippen MR) is 134 cm³/mol. The first-order chi connectivity index (χ1) is 17.9. The zero-order valence-corrected chi connectivity index (χ0v) is 20.8. The van der Waals surface area contributed by atoms with E-state index >= 15 is 0 Å². The number of rotatable bonds is 3. The van der Waals surface area contributed by atoms with Crippen LogP contribution in [0.15, 0.2) is 30.9 Å². The number of piperidine rings is 1. The minimum absolute atomic E-state index is 0.00418. The lowest BCUT2D eigenvalue weighted by Crippen LogP contribution is -2.58. The first kappa shape index (κ1) is 24.0. The summed E-state index contributed by atoms with van der Waals surface area (Å²) in [5.74, 6) is -1.09. The van der Waals surface area contributed by atoms with E-state index in [1.807, 2.05) is 4.90 Å². The number of carbonyl (C=O) groups is 2. The number of ether oxygens (including phenoxy) is 2. The fraction of sp³-hybridized carbons (Fsp3) is 0.423. The van der Waals surface area contributed by atoms with Crippen LogP contribution in [-0.4, -0.2) is 89.3 Å². The molecule has 194 valence electrons. The quantitative estimate of drug-likeness (QED) is 0.612. The zero-order valence-electron chi connectivity index (χ0n) is 20.0. The molecule has 2 aromatic rings. The Kier molecular flexibility index (Phi) is 5.95. The minimum atomic E-state index is -0.695. The van der Waals surface area contributed by atoms with E-state index in [4.69, 9.17) is 26.1 Å². The molecule has 4 saturated heterocycles. The number of benzene rings is 1. The maximum atomic E-state index is 15.0. The third kappa shape index (κ3) is 3.90. The lowest BCUT2D eigenvalue weighted by molar-refractivity contribution is -0.128. The van der Waals surface area contributed by atoms with Gasteiger partial charge in [-0.05, 0) is 31.1 Å². The third-order valence-electron chi connectivity index (χ3n) is 7.63. The van der Waals surface area contributed by atoms with Gasteiger partial charge < -0.3 is 29.3 Å². The Morgan fingerprint density at radius 3 is 2.68 bits per heavy atom. The number of piperazine rings is 1. The van der Waals surface area contributed by atoms with Crippen molar-refractivity contribution in [3.05, 3.63) is 47.3 Å². The number of anilines is 1. The van der Waals surface area contributed by atoms with Gasteiger partial charge in [-0.3, -0.25) is 9.59 Å². The fourth-order valence-corrected chi connectivity index (χ4v) is 5.99. The Morgan fingerprint density at radius 2 is 2.00 bits per heavy atom. The van der Waals surface area contributed by atoms with E-state index in [2.05, 4.69) is 6.58 Å². The molecule has 1 N–H and O–H groups in total. The van der Waals surface area contributed by atoms with Crippen molar-refractivity contribution in [2.45, 2.75) is 31.0 Å². The Bertz CT molecular complexity index is 1280. The number of pyridine rings is 1. The van der Waals surface area contributed by atoms with Gasteiger partial charge in [0.15, 0.2) is 5.75 Å². The molecule has 0 spiro atoms. The second-order valence-electron chi connectivity index (χ2n) is 9.73. The number of morpholine rings is 1. The highest BCUT2D eigenvalue weighted by Gasteiger charge is 2.43. The first-order valence-electron chi connectivity index (χ1n) is 12.3. The van der Waals surface area contributed by atoms with Gasteiger partial charge in [-0.1, -0.05) is 24.2 Å². The van der Waals surface area contributed by atoms with Gasteiger partial charge in [-0.15, -0.1) is 0 Å². The molecule has 1 aromatic carbocycles. The molecule has 0 saturated carbocycles. The van der Waals surface area contributed by atoms with Gasteiger partial charge in [0.1, 0.15) is 40.3 Å². The van der Waals surface area contributed by atoms with E-state index in [-0.39, 0.29) is 70.5 Å². The minimum Gasteiger partial charge on any atom is -0.507 e. The van der Waals surface area contributed by atoms with E-state index in [1.165, 1.54) is 24.3 Å². The Labute approximate surface area is 218 Å². The third-order valence-corrected chi connectivity index (χ3v) is 7.98. The summed E-state index contributed by atoms with van der Waals surface area (Å²) in [6, 6.07) is 3.54. The summed E-state index contributed by atoms with van der Waals surface area (Å²) in [5, 5.41) is 10.5. The molecule has 9 nitrogen and oxygen atoms in total. The van der Waals surface area contributed by atoms with Crippen LogP contribution >= 0.6 is 11.6 Å². The average molecular weight is 529 g/mol. The van der Waals surface area contributed by atoms with Crippen LogP contribution in [0.5, 0.6) is 11.5 Å². The number of hydrogen-bond donors (Lipinski definition) is 1. The summed E-state index contributed by atoms with van der Waals surface area (Å²) in [5.41, 5.74) is 0.0587. The van der Waals surface area contributed by atoms with Crippen molar-refractivity contribution in [1.29, 1.82) is 0 Å². The summed E-state index contributed by atoms with van der Waals surface area (Å²) < 4.78 is 27.0. The van der Waals surface area contributed by atoms with Crippen LogP contribution in [0.1, 0.15) is 23.2 Å². The van der Waals surface area contributed by atoms with Crippen molar-refractivity contribution in [3.63, 3.8) is 0 Å². The molecule has 1 aromatic heterocycles. The Hall–Kier alpha value is -3.37. The molecule has 3 atom stereocenters. The van der Waals surface area contributed by atoms with Crippen LogP contribution < -0.4 is 9.64 Å². The number of amides is 2. The van der Waals surface area contributed by atoms with E-state index in [1.54, 1.807) is 9.80 Å². The van der Waals surface area contributed by atoms with Gasteiger partial charge in [0, 0.05) is 26.2 Å². The number of aromatic hydroxyl groups is 1. The van der Waals surface area contributed by atoms with Crippen molar-refractivity contribution < 1.29 is 28.6 Å². The zero-order chi connectivity index (χ0) is 25.8. The van der Waals surface area contributed by atoms with E-state index in [9.17, 15) is 19.1 Å². The molecule has 37 heavy (non-hydrogen) atoms. The van der Waals surface area contributed by atoms with Gasteiger partial charge in [0.2, 0.25) is 5.91 Å². The van der Waals surface area contributed by atoms with Gasteiger partial charge in [-0.2, -0.15) is 0 Å².